The molecule has 174 valence electrons. The molecule has 1 aromatic rings. The van der Waals surface area contributed by atoms with Crippen LogP contribution >= 0.6 is 0 Å². The number of unbranched alkanes of at least 4 members (excludes halogenated alkanes) is 1. The Labute approximate surface area is 188 Å². The van der Waals surface area contributed by atoms with Crippen LogP contribution in [0.15, 0.2) is 29.2 Å². The predicted octanol–water partition coefficient (Wildman–Crippen LogP) is 3.56. The van der Waals surface area contributed by atoms with Gasteiger partial charge in [-0.25, -0.2) is 8.42 Å². The van der Waals surface area contributed by atoms with Crippen molar-refractivity contribution in [1.82, 2.24) is 14.5 Å². The molecular weight excluding hydrogens is 410 g/mol. The Hall–Kier alpha value is -1.44. The SMILES string of the molecule is CCCCN1CCC(NC(=O)CCc2ccc(S(=O)(=O)N3CCCCCC3)cc2)CC1. The number of nitrogens with zero attached hydrogens (tertiary/aromatic N) is 2. The number of benzene rings is 1. The average molecular weight is 450 g/mol. The molecule has 1 amide bonds. The summed E-state index contributed by atoms with van der Waals surface area (Å²) in [5.74, 6) is 0.0910. The van der Waals surface area contributed by atoms with Gasteiger partial charge in [-0.3, -0.25) is 4.79 Å². The van der Waals surface area contributed by atoms with Crippen molar-refractivity contribution in [1.29, 1.82) is 0 Å². The maximum Gasteiger partial charge on any atom is 0.243 e. The van der Waals surface area contributed by atoms with E-state index in [1.54, 1.807) is 16.4 Å². The lowest BCUT2D eigenvalue weighted by atomic mass is 10.0. The maximum atomic E-state index is 12.9. The second-order valence-corrected chi connectivity index (χ2v) is 10.9. The summed E-state index contributed by atoms with van der Waals surface area (Å²) in [7, 11) is -3.41. The minimum absolute atomic E-state index is 0.0910. The maximum absolute atomic E-state index is 12.9. The summed E-state index contributed by atoms with van der Waals surface area (Å²) in [6.07, 6.45) is 9.66. The van der Waals surface area contributed by atoms with Crippen LogP contribution in [-0.4, -0.2) is 62.3 Å². The van der Waals surface area contributed by atoms with Gasteiger partial charge in [0.2, 0.25) is 15.9 Å². The third-order valence-corrected chi connectivity index (χ3v) is 8.46. The second kappa shape index (κ2) is 12.0. The molecule has 2 aliphatic heterocycles. The topological polar surface area (TPSA) is 69.7 Å². The fourth-order valence-corrected chi connectivity index (χ4v) is 6.02. The minimum atomic E-state index is -3.41. The van der Waals surface area contributed by atoms with E-state index in [1.165, 1.54) is 19.4 Å². The molecule has 0 atom stereocenters. The summed E-state index contributed by atoms with van der Waals surface area (Å²) in [5, 5.41) is 3.18. The first kappa shape index (κ1) is 24.2. The number of rotatable bonds is 9. The van der Waals surface area contributed by atoms with E-state index < -0.39 is 10.0 Å². The van der Waals surface area contributed by atoms with E-state index in [4.69, 9.17) is 0 Å². The van der Waals surface area contributed by atoms with Crippen molar-refractivity contribution in [3.63, 3.8) is 0 Å². The molecule has 0 unspecified atom stereocenters. The van der Waals surface area contributed by atoms with Crippen LogP contribution in [0, 0.1) is 0 Å². The van der Waals surface area contributed by atoms with E-state index in [0.29, 0.717) is 30.8 Å². The highest BCUT2D eigenvalue weighted by Crippen LogP contribution is 2.21. The highest BCUT2D eigenvalue weighted by molar-refractivity contribution is 7.89. The van der Waals surface area contributed by atoms with E-state index in [1.807, 2.05) is 12.1 Å². The van der Waals surface area contributed by atoms with Gasteiger partial charge in [0.1, 0.15) is 0 Å². The van der Waals surface area contributed by atoms with Crippen molar-refractivity contribution < 1.29 is 13.2 Å². The fourth-order valence-electron chi connectivity index (χ4n) is 4.50. The first-order valence-corrected chi connectivity index (χ1v) is 13.5. The summed E-state index contributed by atoms with van der Waals surface area (Å²) in [5.41, 5.74) is 0.999. The number of nitrogens with one attached hydrogen (secondary N) is 1. The molecule has 1 N–H and O–H groups in total. The monoisotopic (exact) mass is 449 g/mol. The van der Waals surface area contributed by atoms with Crippen LogP contribution in [0.25, 0.3) is 0 Å². The molecule has 0 aromatic heterocycles. The number of amides is 1. The summed E-state index contributed by atoms with van der Waals surface area (Å²) in [6, 6.07) is 7.37. The molecular formula is C24H39N3O3S. The molecule has 0 bridgehead atoms. The Kier molecular flexibility index (Phi) is 9.35. The summed E-state index contributed by atoms with van der Waals surface area (Å²) < 4.78 is 27.4. The molecule has 0 radical (unpaired) electrons. The van der Waals surface area contributed by atoms with Gasteiger partial charge >= 0.3 is 0 Å². The van der Waals surface area contributed by atoms with Gasteiger partial charge in [0.05, 0.1) is 4.90 Å². The molecule has 1 aromatic carbocycles. The number of hydrogen-bond acceptors (Lipinski definition) is 4. The third kappa shape index (κ3) is 7.29. The van der Waals surface area contributed by atoms with Crippen molar-refractivity contribution in [3.05, 3.63) is 29.8 Å². The van der Waals surface area contributed by atoms with Crippen LogP contribution in [0.1, 0.15) is 70.3 Å². The first-order valence-electron chi connectivity index (χ1n) is 12.1. The largest absolute Gasteiger partial charge is 0.353 e. The molecule has 0 spiro atoms. The van der Waals surface area contributed by atoms with Gasteiger partial charge in [-0.15, -0.1) is 0 Å². The van der Waals surface area contributed by atoms with Gasteiger partial charge in [-0.1, -0.05) is 38.3 Å². The van der Waals surface area contributed by atoms with Gasteiger partial charge in [0, 0.05) is 38.6 Å². The molecule has 0 saturated carbocycles. The number of piperidine rings is 1. The van der Waals surface area contributed by atoms with E-state index >= 15 is 0 Å². The average Bonchev–Trinajstić information content (AvgIpc) is 3.08. The van der Waals surface area contributed by atoms with Crippen molar-refractivity contribution >= 4 is 15.9 Å². The zero-order chi connectivity index (χ0) is 22.1. The van der Waals surface area contributed by atoms with Crippen LogP contribution in [0.5, 0.6) is 0 Å². The quantitative estimate of drug-likeness (QED) is 0.626. The van der Waals surface area contributed by atoms with Crippen LogP contribution in [0.4, 0.5) is 0 Å². The van der Waals surface area contributed by atoms with Crippen LogP contribution in [0.3, 0.4) is 0 Å². The predicted molar refractivity (Wildman–Crippen MR) is 125 cm³/mol. The lowest BCUT2D eigenvalue weighted by molar-refractivity contribution is -0.122. The Bertz CT molecular complexity index is 779. The number of carbonyl (C=O) groups is 1. The first-order chi connectivity index (χ1) is 15.0. The smallest absolute Gasteiger partial charge is 0.243 e. The van der Waals surface area contributed by atoms with Crippen LogP contribution < -0.4 is 5.32 Å². The molecule has 31 heavy (non-hydrogen) atoms. The lowest BCUT2D eigenvalue weighted by Gasteiger charge is -2.32. The van der Waals surface area contributed by atoms with Crippen molar-refractivity contribution in [2.45, 2.75) is 82.1 Å². The number of hydrogen-bond donors (Lipinski definition) is 1. The molecule has 2 saturated heterocycles. The Morgan fingerprint density at radius 3 is 2.26 bits per heavy atom. The zero-order valence-corrected chi connectivity index (χ0v) is 19.8. The van der Waals surface area contributed by atoms with E-state index in [0.717, 1.165) is 57.2 Å². The van der Waals surface area contributed by atoms with Crippen molar-refractivity contribution in [2.75, 3.05) is 32.7 Å². The third-order valence-electron chi connectivity index (χ3n) is 6.55. The van der Waals surface area contributed by atoms with Gasteiger partial charge in [0.15, 0.2) is 0 Å². The summed E-state index contributed by atoms with van der Waals surface area (Å²) in [4.78, 5) is 15.2. The number of sulfonamides is 1. The van der Waals surface area contributed by atoms with Crippen LogP contribution in [-0.2, 0) is 21.2 Å². The number of carbonyl (C=O) groups excluding carboxylic acids is 1. The molecule has 2 heterocycles. The molecule has 7 heteroatoms. The van der Waals surface area contributed by atoms with E-state index in [-0.39, 0.29) is 11.9 Å². The van der Waals surface area contributed by atoms with Gasteiger partial charge in [-0.2, -0.15) is 4.31 Å². The molecule has 0 aliphatic carbocycles. The number of aryl methyl sites for hydroxylation is 1. The zero-order valence-electron chi connectivity index (χ0n) is 19.0. The standard InChI is InChI=1S/C24H39N3O3S/c1-2-3-16-26-19-14-22(15-20-26)25-24(28)13-10-21-8-11-23(12-9-21)31(29,30)27-17-6-4-5-7-18-27/h8-9,11-12,22H,2-7,10,13-20H2,1H3,(H,25,28). The Morgan fingerprint density at radius 2 is 1.65 bits per heavy atom. The fraction of sp³-hybridized carbons (Fsp3) is 0.708. The summed E-state index contributed by atoms with van der Waals surface area (Å²) >= 11 is 0. The normalized spacial score (nSPS) is 19.8. The van der Waals surface area contributed by atoms with Crippen LogP contribution in [0.2, 0.25) is 0 Å². The second-order valence-electron chi connectivity index (χ2n) is 9.00. The molecule has 2 fully saturated rings. The van der Waals surface area contributed by atoms with E-state index in [9.17, 15) is 13.2 Å². The minimum Gasteiger partial charge on any atom is -0.353 e. The molecule has 3 rings (SSSR count). The number of likely N-dealkylation sites (tertiary alicyclic amines) is 1. The highest BCUT2D eigenvalue weighted by atomic mass is 32.2. The van der Waals surface area contributed by atoms with Crippen molar-refractivity contribution in [2.24, 2.45) is 0 Å². The summed E-state index contributed by atoms with van der Waals surface area (Å²) in [6.45, 7) is 6.75. The molecule has 2 aliphatic rings. The molecule has 6 nitrogen and oxygen atoms in total. The Morgan fingerprint density at radius 1 is 1.00 bits per heavy atom. The van der Waals surface area contributed by atoms with Gasteiger partial charge < -0.3 is 10.2 Å². The van der Waals surface area contributed by atoms with Gasteiger partial charge in [-0.05, 0) is 62.8 Å². The van der Waals surface area contributed by atoms with Gasteiger partial charge in [0.25, 0.3) is 0 Å². The van der Waals surface area contributed by atoms with E-state index in [2.05, 4.69) is 17.1 Å². The Balaban J connectivity index is 1.43. The lowest BCUT2D eigenvalue weighted by Crippen LogP contribution is -2.44. The highest BCUT2D eigenvalue weighted by Gasteiger charge is 2.25. The van der Waals surface area contributed by atoms with Crippen molar-refractivity contribution in [3.8, 4) is 0 Å².